The first-order valence-corrected chi connectivity index (χ1v) is 3.96. The van der Waals surface area contributed by atoms with Crippen molar-refractivity contribution in [2.24, 2.45) is 0 Å². The van der Waals surface area contributed by atoms with Gasteiger partial charge in [-0.1, -0.05) is 13.8 Å². The number of aryl methyl sites for hydroxylation is 1. The quantitative estimate of drug-likeness (QED) is 0.728. The molecule has 0 saturated heterocycles. The molecule has 0 saturated carbocycles. The highest BCUT2D eigenvalue weighted by atomic mass is 19.4. The zero-order valence-corrected chi connectivity index (χ0v) is 7.66. The third-order valence-electron chi connectivity index (χ3n) is 1.74. The van der Waals surface area contributed by atoms with E-state index in [1.807, 2.05) is 13.8 Å². The third kappa shape index (κ3) is 2.02. The summed E-state index contributed by atoms with van der Waals surface area (Å²) in [6.45, 7) is 5.21. The highest BCUT2D eigenvalue weighted by Gasteiger charge is 2.35. The van der Waals surface area contributed by atoms with Gasteiger partial charge in [0.2, 0.25) is 5.82 Å². The van der Waals surface area contributed by atoms with Gasteiger partial charge in [0.1, 0.15) is 0 Å². The number of nitrogens with one attached hydrogen (secondary N) is 1. The van der Waals surface area contributed by atoms with Crippen LogP contribution >= 0.6 is 0 Å². The maximum Gasteiger partial charge on any atom is 0.449 e. The van der Waals surface area contributed by atoms with E-state index in [2.05, 4.69) is 9.97 Å². The Labute approximate surface area is 74.2 Å². The predicted molar refractivity (Wildman–Crippen MR) is 42.4 cm³/mol. The van der Waals surface area contributed by atoms with Crippen LogP contribution in [0.1, 0.15) is 37.0 Å². The van der Waals surface area contributed by atoms with Crippen molar-refractivity contribution in [3.05, 3.63) is 17.2 Å². The molecule has 1 aromatic rings. The molecule has 5 heteroatoms. The number of aromatic amines is 1. The van der Waals surface area contributed by atoms with Crippen molar-refractivity contribution in [2.45, 2.75) is 32.9 Å². The molecule has 0 aliphatic rings. The molecule has 0 fully saturated rings. The van der Waals surface area contributed by atoms with Crippen LogP contribution in [0.3, 0.4) is 0 Å². The maximum absolute atomic E-state index is 12.2. The molecule has 1 N–H and O–H groups in total. The minimum absolute atomic E-state index is 0.00681. The van der Waals surface area contributed by atoms with Crippen LogP contribution < -0.4 is 0 Å². The fraction of sp³-hybridized carbons (Fsp3) is 0.625. The van der Waals surface area contributed by atoms with Crippen LogP contribution in [-0.4, -0.2) is 9.97 Å². The van der Waals surface area contributed by atoms with Crippen molar-refractivity contribution in [3.63, 3.8) is 0 Å². The second kappa shape index (κ2) is 3.05. The van der Waals surface area contributed by atoms with Gasteiger partial charge in [0.25, 0.3) is 0 Å². The van der Waals surface area contributed by atoms with Gasteiger partial charge >= 0.3 is 6.18 Å². The van der Waals surface area contributed by atoms with Gasteiger partial charge in [0, 0.05) is 5.69 Å². The van der Waals surface area contributed by atoms with Crippen LogP contribution in [0.2, 0.25) is 0 Å². The van der Waals surface area contributed by atoms with Crippen molar-refractivity contribution >= 4 is 0 Å². The first-order chi connectivity index (χ1) is 5.82. The standard InChI is InChI=1S/C8H11F3N2/c1-4(2)6-5(3)12-7(13-6)8(9,10)11/h4H,1-3H3,(H,12,13). The van der Waals surface area contributed by atoms with E-state index in [1.54, 1.807) is 6.92 Å². The van der Waals surface area contributed by atoms with Crippen molar-refractivity contribution in [1.82, 2.24) is 9.97 Å². The second-order valence-electron chi connectivity index (χ2n) is 3.25. The van der Waals surface area contributed by atoms with Crippen LogP contribution in [-0.2, 0) is 6.18 Å². The van der Waals surface area contributed by atoms with E-state index in [-0.39, 0.29) is 5.92 Å². The topological polar surface area (TPSA) is 28.7 Å². The van der Waals surface area contributed by atoms with Gasteiger partial charge in [-0.3, -0.25) is 0 Å². The fourth-order valence-electron chi connectivity index (χ4n) is 1.17. The van der Waals surface area contributed by atoms with Crippen molar-refractivity contribution in [3.8, 4) is 0 Å². The fourth-order valence-corrected chi connectivity index (χ4v) is 1.17. The molecule has 0 spiro atoms. The Morgan fingerprint density at radius 1 is 1.31 bits per heavy atom. The summed E-state index contributed by atoms with van der Waals surface area (Å²) < 4.78 is 36.5. The summed E-state index contributed by atoms with van der Waals surface area (Å²) in [7, 11) is 0. The smallest absolute Gasteiger partial charge is 0.338 e. The molecule has 2 nitrogen and oxygen atoms in total. The van der Waals surface area contributed by atoms with E-state index in [9.17, 15) is 13.2 Å². The molecule has 0 unspecified atom stereocenters. The normalized spacial score (nSPS) is 12.5. The molecular weight excluding hydrogens is 181 g/mol. The minimum atomic E-state index is -4.38. The number of H-pyrrole nitrogens is 1. The zero-order valence-electron chi connectivity index (χ0n) is 7.66. The number of hydrogen-bond donors (Lipinski definition) is 1. The zero-order chi connectivity index (χ0) is 10.2. The van der Waals surface area contributed by atoms with Crippen LogP contribution in [0, 0.1) is 6.92 Å². The monoisotopic (exact) mass is 192 g/mol. The summed E-state index contributed by atoms with van der Waals surface area (Å²) in [5.41, 5.74) is 0.967. The number of halogens is 3. The molecule has 0 atom stereocenters. The Balaban J connectivity index is 3.10. The van der Waals surface area contributed by atoms with Gasteiger partial charge < -0.3 is 4.98 Å². The van der Waals surface area contributed by atoms with Crippen LogP contribution in [0.4, 0.5) is 13.2 Å². The number of hydrogen-bond acceptors (Lipinski definition) is 1. The van der Waals surface area contributed by atoms with Crippen LogP contribution in [0.5, 0.6) is 0 Å². The average Bonchev–Trinajstić information content (AvgIpc) is 2.29. The van der Waals surface area contributed by atoms with E-state index in [0.717, 1.165) is 0 Å². The van der Waals surface area contributed by atoms with Gasteiger partial charge in [-0.05, 0) is 12.8 Å². The third-order valence-corrected chi connectivity index (χ3v) is 1.74. The predicted octanol–water partition coefficient (Wildman–Crippen LogP) is 2.86. The Morgan fingerprint density at radius 3 is 2.08 bits per heavy atom. The molecule has 0 aliphatic heterocycles. The number of imidazole rings is 1. The summed E-state index contributed by atoms with van der Waals surface area (Å²) in [5, 5.41) is 0. The van der Waals surface area contributed by atoms with Crippen molar-refractivity contribution in [1.29, 1.82) is 0 Å². The van der Waals surface area contributed by atoms with Crippen LogP contribution in [0.25, 0.3) is 0 Å². The first kappa shape index (κ1) is 10.1. The molecule has 0 bridgehead atoms. The summed E-state index contributed by atoms with van der Waals surface area (Å²) >= 11 is 0. The lowest BCUT2D eigenvalue weighted by Crippen LogP contribution is -2.07. The number of rotatable bonds is 1. The highest BCUT2D eigenvalue weighted by Crippen LogP contribution is 2.29. The lowest BCUT2D eigenvalue weighted by Gasteiger charge is -2.00. The summed E-state index contributed by atoms with van der Waals surface area (Å²) in [4.78, 5) is 5.73. The van der Waals surface area contributed by atoms with Gasteiger partial charge in [0.15, 0.2) is 0 Å². The lowest BCUT2D eigenvalue weighted by atomic mass is 10.1. The van der Waals surface area contributed by atoms with E-state index < -0.39 is 12.0 Å². The lowest BCUT2D eigenvalue weighted by molar-refractivity contribution is -0.144. The molecular formula is C8H11F3N2. The Kier molecular flexibility index (Phi) is 2.36. The molecule has 0 aliphatic carbocycles. The molecule has 0 amide bonds. The SMILES string of the molecule is Cc1[nH]c(C(F)(F)F)nc1C(C)C. The molecule has 0 radical (unpaired) electrons. The Bertz CT molecular complexity index is 299. The molecule has 1 aromatic heterocycles. The molecule has 13 heavy (non-hydrogen) atoms. The van der Waals surface area contributed by atoms with Crippen molar-refractivity contribution in [2.75, 3.05) is 0 Å². The highest BCUT2D eigenvalue weighted by molar-refractivity contribution is 5.17. The van der Waals surface area contributed by atoms with Gasteiger partial charge in [0.05, 0.1) is 5.69 Å². The van der Waals surface area contributed by atoms with Gasteiger partial charge in [-0.2, -0.15) is 13.2 Å². The van der Waals surface area contributed by atoms with E-state index in [1.165, 1.54) is 0 Å². The summed E-state index contributed by atoms with van der Waals surface area (Å²) in [6.07, 6.45) is -4.38. The Hall–Kier alpha value is -1.00. The molecule has 0 aromatic carbocycles. The van der Waals surface area contributed by atoms with E-state index in [0.29, 0.717) is 11.4 Å². The van der Waals surface area contributed by atoms with E-state index >= 15 is 0 Å². The average molecular weight is 192 g/mol. The number of aromatic nitrogens is 2. The van der Waals surface area contributed by atoms with Gasteiger partial charge in [-0.25, -0.2) is 4.98 Å². The van der Waals surface area contributed by atoms with E-state index in [4.69, 9.17) is 0 Å². The summed E-state index contributed by atoms with van der Waals surface area (Å²) in [6, 6.07) is 0. The number of nitrogens with zero attached hydrogens (tertiary/aromatic N) is 1. The molecule has 1 heterocycles. The maximum atomic E-state index is 12.2. The Morgan fingerprint density at radius 2 is 1.85 bits per heavy atom. The molecule has 1 rings (SSSR count). The molecule has 74 valence electrons. The largest absolute Gasteiger partial charge is 0.449 e. The minimum Gasteiger partial charge on any atom is -0.338 e. The van der Waals surface area contributed by atoms with Gasteiger partial charge in [-0.15, -0.1) is 0 Å². The van der Waals surface area contributed by atoms with Crippen molar-refractivity contribution < 1.29 is 13.2 Å². The number of alkyl halides is 3. The summed E-state index contributed by atoms with van der Waals surface area (Å²) in [5.74, 6) is -0.902. The second-order valence-corrected chi connectivity index (χ2v) is 3.25. The first-order valence-electron chi connectivity index (χ1n) is 3.96. The van der Waals surface area contributed by atoms with Crippen LogP contribution in [0.15, 0.2) is 0 Å².